The highest BCUT2D eigenvalue weighted by molar-refractivity contribution is 7.99. The molecule has 0 aromatic carbocycles. The predicted octanol–water partition coefficient (Wildman–Crippen LogP) is 2.56. The molecule has 136 valence electrons. The van der Waals surface area contributed by atoms with Crippen molar-refractivity contribution in [3.8, 4) is 0 Å². The van der Waals surface area contributed by atoms with E-state index in [9.17, 15) is 14.4 Å². The van der Waals surface area contributed by atoms with E-state index in [1.54, 1.807) is 20.8 Å². The first kappa shape index (κ1) is 19.1. The van der Waals surface area contributed by atoms with Crippen LogP contribution in [0.2, 0.25) is 0 Å². The topological polar surface area (TPSA) is 75.7 Å². The fraction of sp³-hybridized carbons (Fsp3) is 0.824. The van der Waals surface area contributed by atoms with E-state index in [0.717, 1.165) is 25.7 Å². The number of esters is 1. The third-order valence-corrected chi connectivity index (χ3v) is 5.54. The van der Waals surface area contributed by atoms with Gasteiger partial charge in [-0.1, -0.05) is 40.0 Å². The third kappa shape index (κ3) is 5.13. The van der Waals surface area contributed by atoms with Gasteiger partial charge in [0.25, 0.3) is 0 Å². The van der Waals surface area contributed by atoms with Crippen LogP contribution in [0.3, 0.4) is 0 Å². The van der Waals surface area contributed by atoms with Crippen LogP contribution in [0.1, 0.15) is 52.9 Å². The Morgan fingerprint density at radius 3 is 2.46 bits per heavy atom. The standard InChI is InChI=1S/C17H28N2O4S/c1-17(2,3)14(20)9-23-15(21)13-10-24-11-19(13)16(22)18-12-7-5-4-6-8-12/h12-13H,4-11H2,1-3H3,(H,18,22)/t13-/m1/s1. The molecule has 0 aromatic rings. The van der Waals surface area contributed by atoms with Crippen molar-refractivity contribution >= 4 is 29.5 Å². The number of nitrogens with zero attached hydrogens (tertiary/aromatic N) is 1. The van der Waals surface area contributed by atoms with E-state index in [1.165, 1.54) is 23.1 Å². The van der Waals surface area contributed by atoms with E-state index in [-0.39, 0.29) is 24.5 Å². The van der Waals surface area contributed by atoms with E-state index >= 15 is 0 Å². The van der Waals surface area contributed by atoms with Gasteiger partial charge in [0.05, 0.1) is 5.88 Å². The van der Waals surface area contributed by atoms with E-state index in [0.29, 0.717) is 11.6 Å². The van der Waals surface area contributed by atoms with Crippen LogP contribution in [0.15, 0.2) is 0 Å². The summed E-state index contributed by atoms with van der Waals surface area (Å²) in [6.45, 7) is 5.14. The molecule has 2 rings (SSSR count). The minimum atomic E-state index is -0.605. The van der Waals surface area contributed by atoms with Gasteiger partial charge in [0.1, 0.15) is 6.04 Å². The molecular weight excluding hydrogens is 328 g/mol. The summed E-state index contributed by atoms with van der Waals surface area (Å²) in [6.07, 6.45) is 5.51. The monoisotopic (exact) mass is 356 g/mol. The number of urea groups is 1. The van der Waals surface area contributed by atoms with E-state index < -0.39 is 17.4 Å². The van der Waals surface area contributed by atoms with Gasteiger partial charge in [0, 0.05) is 17.2 Å². The second-order valence-electron chi connectivity index (χ2n) is 7.55. The Morgan fingerprint density at radius 2 is 1.83 bits per heavy atom. The number of thioether (sulfide) groups is 1. The molecular formula is C17H28N2O4S. The maximum Gasteiger partial charge on any atom is 0.330 e. The predicted molar refractivity (Wildman–Crippen MR) is 93.8 cm³/mol. The minimum Gasteiger partial charge on any atom is -0.456 e. The fourth-order valence-electron chi connectivity index (χ4n) is 2.79. The van der Waals surface area contributed by atoms with Crippen molar-refractivity contribution in [2.45, 2.75) is 65.0 Å². The Labute approximate surface area is 148 Å². The molecule has 24 heavy (non-hydrogen) atoms. The van der Waals surface area contributed by atoms with Crippen molar-refractivity contribution in [1.29, 1.82) is 0 Å². The van der Waals surface area contributed by atoms with Crippen LogP contribution < -0.4 is 5.32 Å². The molecule has 1 atom stereocenters. The zero-order valence-corrected chi connectivity index (χ0v) is 15.6. The molecule has 1 aliphatic carbocycles. The van der Waals surface area contributed by atoms with Gasteiger partial charge in [0.2, 0.25) is 0 Å². The Balaban J connectivity index is 1.85. The first-order valence-corrected chi connectivity index (χ1v) is 9.79. The minimum absolute atomic E-state index is 0.125. The molecule has 1 heterocycles. The van der Waals surface area contributed by atoms with Crippen LogP contribution in [-0.2, 0) is 14.3 Å². The molecule has 0 radical (unpaired) electrons. The molecule has 1 saturated heterocycles. The zero-order valence-electron chi connectivity index (χ0n) is 14.8. The molecule has 0 unspecified atom stereocenters. The number of ketones is 1. The molecule has 1 N–H and O–H groups in total. The molecule has 2 amide bonds. The SMILES string of the molecule is CC(C)(C)C(=O)COC(=O)[C@H]1CSCN1C(=O)NC1CCCCC1. The summed E-state index contributed by atoms with van der Waals surface area (Å²) in [5.41, 5.74) is -0.539. The van der Waals surface area contributed by atoms with Crippen LogP contribution in [0.5, 0.6) is 0 Å². The third-order valence-electron chi connectivity index (χ3n) is 4.53. The molecule has 0 spiro atoms. The second-order valence-corrected chi connectivity index (χ2v) is 8.55. The first-order chi connectivity index (χ1) is 11.3. The lowest BCUT2D eigenvalue weighted by molar-refractivity contribution is -0.153. The summed E-state index contributed by atoms with van der Waals surface area (Å²) in [5, 5.41) is 3.03. The Morgan fingerprint density at radius 1 is 1.17 bits per heavy atom. The molecule has 2 aliphatic rings. The maximum atomic E-state index is 12.5. The number of Topliss-reactive ketones (excluding diaryl/α,β-unsaturated/α-hetero) is 1. The lowest BCUT2D eigenvalue weighted by Crippen LogP contribution is -2.50. The van der Waals surface area contributed by atoms with Gasteiger partial charge in [-0.2, -0.15) is 0 Å². The Kier molecular flexibility index (Phi) is 6.54. The van der Waals surface area contributed by atoms with Crippen LogP contribution in [0, 0.1) is 5.41 Å². The number of carbonyl (C=O) groups is 3. The molecule has 6 nitrogen and oxygen atoms in total. The molecule has 0 aromatic heterocycles. The number of rotatable bonds is 4. The molecule has 2 fully saturated rings. The van der Waals surface area contributed by atoms with Gasteiger partial charge < -0.3 is 15.0 Å². The average Bonchev–Trinajstić information content (AvgIpc) is 3.02. The first-order valence-electron chi connectivity index (χ1n) is 8.64. The van der Waals surface area contributed by atoms with Gasteiger partial charge in [-0.15, -0.1) is 11.8 Å². The fourth-order valence-corrected chi connectivity index (χ4v) is 3.93. The van der Waals surface area contributed by atoms with Gasteiger partial charge >= 0.3 is 12.0 Å². The lowest BCUT2D eigenvalue weighted by Gasteiger charge is -2.28. The summed E-state index contributed by atoms with van der Waals surface area (Å²) < 4.78 is 5.16. The van der Waals surface area contributed by atoms with Gasteiger partial charge in [-0.25, -0.2) is 9.59 Å². The highest BCUT2D eigenvalue weighted by Gasteiger charge is 2.37. The van der Waals surface area contributed by atoms with Crippen LogP contribution in [-0.4, -0.2) is 53.0 Å². The van der Waals surface area contributed by atoms with Crippen molar-refractivity contribution in [1.82, 2.24) is 10.2 Å². The molecule has 1 aliphatic heterocycles. The summed E-state index contributed by atoms with van der Waals surface area (Å²) in [6, 6.07) is -0.599. The van der Waals surface area contributed by atoms with Crippen molar-refractivity contribution in [2.24, 2.45) is 5.41 Å². The quantitative estimate of drug-likeness (QED) is 0.784. The normalized spacial score (nSPS) is 22.3. The van der Waals surface area contributed by atoms with Crippen molar-refractivity contribution in [2.75, 3.05) is 18.2 Å². The lowest BCUT2D eigenvalue weighted by atomic mass is 9.91. The van der Waals surface area contributed by atoms with Crippen molar-refractivity contribution < 1.29 is 19.1 Å². The summed E-state index contributed by atoms with van der Waals surface area (Å²) >= 11 is 1.53. The molecule has 0 bridgehead atoms. The van der Waals surface area contributed by atoms with Crippen LogP contribution >= 0.6 is 11.8 Å². The van der Waals surface area contributed by atoms with E-state index in [2.05, 4.69) is 5.32 Å². The number of nitrogens with one attached hydrogen (secondary N) is 1. The number of carbonyl (C=O) groups excluding carboxylic acids is 3. The summed E-state index contributed by atoms with van der Waals surface area (Å²) in [4.78, 5) is 38.1. The zero-order chi connectivity index (χ0) is 17.7. The van der Waals surface area contributed by atoms with Gasteiger partial charge in [-0.3, -0.25) is 4.79 Å². The van der Waals surface area contributed by atoms with Crippen LogP contribution in [0.4, 0.5) is 4.79 Å². The van der Waals surface area contributed by atoms with Crippen molar-refractivity contribution in [3.05, 3.63) is 0 Å². The molecule has 1 saturated carbocycles. The smallest absolute Gasteiger partial charge is 0.330 e. The summed E-state index contributed by atoms with van der Waals surface area (Å²) in [5.74, 6) is 0.378. The van der Waals surface area contributed by atoms with E-state index in [1.807, 2.05) is 0 Å². The van der Waals surface area contributed by atoms with Crippen LogP contribution in [0.25, 0.3) is 0 Å². The highest BCUT2D eigenvalue weighted by atomic mass is 32.2. The van der Waals surface area contributed by atoms with E-state index in [4.69, 9.17) is 4.74 Å². The van der Waals surface area contributed by atoms with Gasteiger partial charge in [0.15, 0.2) is 12.4 Å². The average molecular weight is 356 g/mol. The second kappa shape index (κ2) is 8.23. The number of amides is 2. The maximum absolute atomic E-state index is 12.5. The summed E-state index contributed by atoms with van der Waals surface area (Å²) in [7, 11) is 0. The number of hydrogen-bond acceptors (Lipinski definition) is 5. The molecule has 7 heteroatoms. The Hall–Kier alpha value is -1.24. The number of ether oxygens (including phenoxy) is 1. The number of hydrogen-bond donors (Lipinski definition) is 1. The Bertz CT molecular complexity index is 483. The largest absolute Gasteiger partial charge is 0.456 e. The van der Waals surface area contributed by atoms with Gasteiger partial charge in [-0.05, 0) is 12.8 Å². The van der Waals surface area contributed by atoms with Crippen molar-refractivity contribution in [3.63, 3.8) is 0 Å². The highest BCUT2D eigenvalue weighted by Crippen LogP contribution is 2.24.